The SMILES string of the molecule is COC(=O)c1cc([CH]O)cc(OC)c1. The molecule has 0 bridgehead atoms. The number of methoxy groups -OCH3 is 2. The predicted molar refractivity (Wildman–Crippen MR) is 49.7 cm³/mol. The fourth-order valence-electron chi connectivity index (χ4n) is 1.05. The van der Waals surface area contributed by atoms with Crippen molar-refractivity contribution >= 4 is 5.97 Å². The molecule has 4 heteroatoms. The summed E-state index contributed by atoms with van der Waals surface area (Å²) in [6, 6.07) is 4.65. The van der Waals surface area contributed by atoms with Gasteiger partial charge in [0.15, 0.2) is 0 Å². The van der Waals surface area contributed by atoms with Crippen molar-refractivity contribution in [1.82, 2.24) is 0 Å². The van der Waals surface area contributed by atoms with Crippen LogP contribution in [0.15, 0.2) is 18.2 Å². The Morgan fingerprint density at radius 3 is 2.57 bits per heavy atom. The number of hydrogen-bond donors (Lipinski definition) is 1. The number of ether oxygens (including phenoxy) is 2. The van der Waals surface area contributed by atoms with Gasteiger partial charge >= 0.3 is 5.97 Å². The van der Waals surface area contributed by atoms with E-state index in [9.17, 15) is 4.79 Å². The topological polar surface area (TPSA) is 55.8 Å². The number of esters is 1. The standard InChI is InChI=1S/C10H11O4/c1-13-9-4-7(6-11)3-8(5-9)10(12)14-2/h3-6,11H,1-2H3. The van der Waals surface area contributed by atoms with Crippen LogP contribution >= 0.6 is 0 Å². The Balaban J connectivity index is 3.10. The number of carbonyl (C=O) groups is 1. The van der Waals surface area contributed by atoms with E-state index in [1.54, 1.807) is 12.1 Å². The first kappa shape index (κ1) is 10.5. The Morgan fingerprint density at radius 2 is 2.07 bits per heavy atom. The first-order chi connectivity index (χ1) is 6.71. The molecule has 0 spiro atoms. The summed E-state index contributed by atoms with van der Waals surface area (Å²) in [4.78, 5) is 11.2. The normalized spacial score (nSPS) is 9.64. The summed E-state index contributed by atoms with van der Waals surface area (Å²) in [5.41, 5.74) is 0.830. The number of aliphatic hydroxyl groups excluding tert-OH is 1. The molecule has 0 aliphatic carbocycles. The van der Waals surface area contributed by atoms with Crippen LogP contribution in [0.25, 0.3) is 0 Å². The van der Waals surface area contributed by atoms with Crippen molar-refractivity contribution in [3.8, 4) is 5.75 Å². The van der Waals surface area contributed by atoms with Crippen molar-refractivity contribution in [2.75, 3.05) is 14.2 Å². The van der Waals surface area contributed by atoms with Crippen LogP contribution in [0.3, 0.4) is 0 Å². The molecule has 0 aliphatic rings. The smallest absolute Gasteiger partial charge is 0.337 e. The van der Waals surface area contributed by atoms with E-state index in [-0.39, 0.29) is 0 Å². The molecule has 0 saturated carbocycles. The monoisotopic (exact) mass is 195 g/mol. The maximum Gasteiger partial charge on any atom is 0.337 e. The molecular formula is C10H11O4. The van der Waals surface area contributed by atoms with Gasteiger partial charge in [0.05, 0.1) is 19.8 Å². The largest absolute Gasteiger partial charge is 0.497 e. The molecule has 1 rings (SSSR count). The third-order valence-corrected chi connectivity index (χ3v) is 1.73. The Labute approximate surface area is 82.1 Å². The molecule has 1 aromatic rings. The van der Waals surface area contributed by atoms with Gasteiger partial charge in [-0.3, -0.25) is 0 Å². The second-order valence-corrected chi connectivity index (χ2v) is 2.62. The lowest BCUT2D eigenvalue weighted by Gasteiger charge is -2.05. The third kappa shape index (κ3) is 2.23. The van der Waals surface area contributed by atoms with Crippen molar-refractivity contribution in [1.29, 1.82) is 0 Å². The van der Waals surface area contributed by atoms with Crippen molar-refractivity contribution < 1.29 is 19.4 Å². The lowest BCUT2D eigenvalue weighted by Crippen LogP contribution is -2.02. The summed E-state index contributed by atoms with van der Waals surface area (Å²) in [7, 11) is 2.78. The maximum absolute atomic E-state index is 11.2. The molecule has 0 atom stereocenters. The zero-order valence-corrected chi connectivity index (χ0v) is 7.98. The fourth-order valence-corrected chi connectivity index (χ4v) is 1.05. The van der Waals surface area contributed by atoms with E-state index >= 15 is 0 Å². The third-order valence-electron chi connectivity index (χ3n) is 1.73. The maximum atomic E-state index is 11.2. The number of hydrogen-bond acceptors (Lipinski definition) is 4. The molecule has 0 aromatic heterocycles. The first-order valence-electron chi connectivity index (χ1n) is 3.96. The minimum absolute atomic E-state index is 0.340. The van der Waals surface area contributed by atoms with Crippen LogP contribution in [-0.2, 0) is 4.74 Å². The van der Waals surface area contributed by atoms with Crippen molar-refractivity contribution in [2.45, 2.75) is 0 Å². The lowest BCUT2D eigenvalue weighted by molar-refractivity contribution is 0.0600. The van der Waals surface area contributed by atoms with Gasteiger partial charge in [0, 0.05) is 0 Å². The van der Waals surface area contributed by atoms with E-state index in [1.807, 2.05) is 0 Å². The highest BCUT2D eigenvalue weighted by molar-refractivity contribution is 5.90. The Bertz CT molecular complexity index is 311. The number of aliphatic hydroxyl groups is 1. The van der Waals surface area contributed by atoms with Crippen LogP contribution in [0.4, 0.5) is 0 Å². The second kappa shape index (κ2) is 4.62. The lowest BCUT2D eigenvalue weighted by atomic mass is 10.1. The van der Waals surface area contributed by atoms with Crippen LogP contribution in [0.2, 0.25) is 0 Å². The molecule has 0 saturated heterocycles. The average Bonchev–Trinajstić information content (AvgIpc) is 2.27. The molecule has 1 radical (unpaired) electrons. The molecule has 0 heterocycles. The van der Waals surface area contributed by atoms with E-state index in [4.69, 9.17) is 9.84 Å². The second-order valence-electron chi connectivity index (χ2n) is 2.62. The number of benzene rings is 1. The molecule has 75 valence electrons. The van der Waals surface area contributed by atoms with Gasteiger partial charge in [0.25, 0.3) is 0 Å². The summed E-state index contributed by atoms with van der Waals surface area (Å²) in [6.07, 6.45) is 0. The molecule has 0 unspecified atom stereocenters. The molecule has 1 aromatic carbocycles. The summed E-state index contributed by atoms with van der Waals surface area (Å²) < 4.78 is 9.50. The van der Waals surface area contributed by atoms with Crippen LogP contribution in [-0.4, -0.2) is 25.3 Å². The van der Waals surface area contributed by atoms with Crippen molar-refractivity contribution in [3.05, 3.63) is 35.9 Å². The van der Waals surface area contributed by atoms with E-state index in [1.165, 1.54) is 20.3 Å². The zero-order valence-electron chi connectivity index (χ0n) is 7.98. The summed E-state index contributed by atoms with van der Waals surface area (Å²) in [5.74, 6) is 0.0280. The highest BCUT2D eigenvalue weighted by Crippen LogP contribution is 2.18. The summed E-state index contributed by atoms with van der Waals surface area (Å²) >= 11 is 0. The average molecular weight is 195 g/mol. The van der Waals surface area contributed by atoms with E-state index in [0.29, 0.717) is 16.9 Å². The molecule has 0 fully saturated rings. The van der Waals surface area contributed by atoms with E-state index in [2.05, 4.69) is 4.74 Å². The molecular weight excluding hydrogens is 184 g/mol. The number of rotatable bonds is 3. The fraction of sp³-hybridized carbons (Fsp3) is 0.200. The minimum Gasteiger partial charge on any atom is -0.497 e. The molecule has 1 N–H and O–H groups in total. The van der Waals surface area contributed by atoms with Crippen molar-refractivity contribution in [3.63, 3.8) is 0 Å². The van der Waals surface area contributed by atoms with Crippen molar-refractivity contribution in [2.24, 2.45) is 0 Å². The van der Waals surface area contributed by atoms with Crippen LogP contribution in [0, 0.1) is 6.61 Å². The highest BCUT2D eigenvalue weighted by Gasteiger charge is 2.08. The Morgan fingerprint density at radius 1 is 1.36 bits per heavy atom. The van der Waals surface area contributed by atoms with Gasteiger partial charge in [0.2, 0.25) is 0 Å². The molecule has 4 nitrogen and oxygen atoms in total. The van der Waals surface area contributed by atoms with Gasteiger partial charge in [-0.25, -0.2) is 4.79 Å². The predicted octanol–water partition coefficient (Wildman–Crippen LogP) is 1.36. The van der Waals surface area contributed by atoms with Gasteiger partial charge < -0.3 is 14.6 Å². The first-order valence-corrected chi connectivity index (χ1v) is 3.96. The Hall–Kier alpha value is -1.55. The van der Waals surface area contributed by atoms with Gasteiger partial charge in [-0.1, -0.05) is 0 Å². The number of carbonyl (C=O) groups excluding carboxylic acids is 1. The van der Waals surface area contributed by atoms with E-state index < -0.39 is 5.97 Å². The van der Waals surface area contributed by atoms with Crippen LogP contribution in [0.5, 0.6) is 5.75 Å². The highest BCUT2D eigenvalue weighted by atomic mass is 16.5. The Kier molecular flexibility index (Phi) is 3.48. The molecule has 0 aliphatic heterocycles. The van der Waals surface area contributed by atoms with E-state index in [0.717, 1.165) is 6.61 Å². The molecule has 14 heavy (non-hydrogen) atoms. The van der Waals surface area contributed by atoms with Gasteiger partial charge in [0.1, 0.15) is 12.4 Å². The quantitative estimate of drug-likeness (QED) is 0.740. The zero-order chi connectivity index (χ0) is 10.6. The molecule has 0 amide bonds. The van der Waals surface area contributed by atoms with Gasteiger partial charge in [-0.05, 0) is 23.8 Å². The summed E-state index contributed by atoms with van der Waals surface area (Å²) in [6.45, 7) is 0.898. The van der Waals surface area contributed by atoms with Gasteiger partial charge in [-0.15, -0.1) is 0 Å². The van der Waals surface area contributed by atoms with Crippen LogP contribution in [0.1, 0.15) is 15.9 Å². The van der Waals surface area contributed by atoms with Gasteiger partial charge in [-0.2, -0.15) is 0 Å². The summed E-state index contributed by atoms with van der Waals surface area (Å²) in [5, 5.41) is 8.80. The minimum atomic E-state index is -0.466. The van der Waals surface area contributed by atoms with Crippen LogP contribution < -0.4 is 4.74 Å².